The van der Waals surface area contributed by atoms with E-state index in [9.17, 15) is 0 Å². The minimum absolute atomic E-state index is 0.583. The molecule has 1 aliphatic rings. The van der Waals surface area contributed by atoms with Crippen LogP contribution in [0.25, 0.3) is 11.3 Å². The third-order valence-electron chi connectivity index (χ3n) is 4.33. The average Bonchev–Trinajstić information content (AvgIpc) is 3.17. The Hall–Kier alpha value is -1.61. The van der Waals surface area contributed by atoms with Crippen molar-refractivity contribution in [2.75, 3.05) is 6.54 Å². The lowest BCUT2D eigenvalue weighted by Crippen LogP contribution is -2.15. The lowest BCUT2D eigenvalue weighted by atomic mass is 10.1. The van der Waals surface area contributed by atoms with Gasteiger partial charge in [-0.25, -0.2) is 0 Å². The van der Waals surface area contributed by atoms with Crippen molar-refractivity contribution in [2.45, 2.75) is 51.6 Å². The number of benzene rings is 1. The van der Waals surface area contributed by atoms with Crippen molar-refractivity contribution in [1.29, 1.82) is 0 Å². The van der Waals surface area contributed by atoms with E-state index >= 15 is 0 Å². The van der Waals surface area contributed by atoms with E-state index in [-0.39, 0.29) is 0 Å². The largest absolute Gasteiger partial charge is 0.313 e. The second-order valence-electron chi connectivity index (χ2n) is 5.94. The molecule has 3 heteroatoms. The van der Waals surface area contributed by atoms with Crippen molar-refractivity contribution in [3.8, 4) is 11.3 Å². The molecule has 1 heterocycles. The molecule has 0 atom stereocenters. The summed E-state index contributed by atoms with van der Waals surface area (Å²) in [4.78, 5) is 0. The van der Waals surface area contributed by atoms with Crippen LogP contribution in [-0.2, 0) is 6.54 Å². The molecular weight excluding hydrogens is 258 g/mol. The van der Waals surface area contributed by atoms with Crippen molar-refractivity contribution < 1.29 is 0 Å². The maximum absolute atomic E-state index is 4.73. The Balaban J connectivity index is 1.93. The Morgan fingerprint density at radius 3 is 2.67 bits per heavy atom. The summed E-state index contributed by atoms with van der Waals surface area (Å²) in [5, 5.41) is 8.24. The summed E-state index contributed by atoms with van der Waals surface area (Å²) in [5.74, 6) is 0. The van der Waals surface area contributed by atoms with Crippen LogP contribution >= 0.6 is 0 Å². The number of nitrogens with one attached hydrogen (secondary N) is 1. The zero-order valence-electron chi connectivity index (χ0n) is 12.9. The molecule has 0 bridgehead atoms. The quantitative estimate of drug-likeness (QED) is 0.807. The molecule has 2 aromatic rings. The molecule has 112 valence electrons. The SMILES string of the molecule is CCCNCc1cnn(C2CCCC2)c1-c1ccccc1. The van der Waals surface area contributed by atoms with Crippen molar-refractivity contribution >= 4 is 0 Å². The highest BCUT2D eigenvalue weighted by atomic mass is 15.3. The second kappa shape index (κ2) is 6.90. The smallest absolute Gasteiger partial charge is 0.0730 e. The van der Waals surface area contributed by atoms with Crippen LogP contribution in [0.3, 0.4) is 0 Å². The van der Waals surface area contributed by atoms with Crippen LogP contribution in [0.5, 0.6) is 0 Å². The maximum atomic E-state index is 4.73. The van der Waals surface area contributed by atoms with Gasteiger partial charge in [0, 0.05) is 17.7 Å². The van der Waals surface area contributed by atoms with Gasteiger partial charge in [-0.1, -0.05) is 50.1 Å². The molecule has 0 saturated heterocycles. The highest BCUT2D eigenvalue weighted by Crippen LogP contribution is 2.34. The van der Waals surface area contributed by atoms with E-state index in [1.54, 1.807) is 0 Å². The molecular formula is C18H25N3. The van der Waals surface area contributed by atoms with Crippen molar-refractivity contribution in [2.24, 2.45) is 0 Å². The topological polar surface area (TPSA) is 29.9 Å². The molecule has 1 aromatic heterocycles. The summed E-state index contributed by atoms with van der Waals surface area (Å²) in [6.45, 7) is 4.17. The zero-order chi connectivity index (χ0) is 14.5. The fourth-order valence-corrected chi connectivity index (χ4v) is 3.27. The van der Waals surface area contributed by atoms with Crippen LogP contribution in [0.4, 0.5) is 0 Å². The van der Waals surface area contributed by atoms with Gasteiger partial charge in [0.2, 0.25) is 0 Å². The summed E-state index contributed by atoms with van der Waals surface area (Å²) in [7, 11) is 0. The van der Waals surface area contributed by atoms with Gasteiger partial charge < -0.3 is 5.32 Å². The van der Waals surface area contributed by atoms with Crippen LogP contribution in [0.15, 0.2) is 36.5 Å². The van der Waals surface area contributed by atoms with Gasteiger partial charge in [0.15, 0.2) is 0 Å². The fourth-order valence-electron chi connectivity index (χ4n) is 3.27. The van der Waals surface area contributed by atoms with Gasteiger partial charge in [-0.15, -0.1) is 0 Å². The normalized spacial score (nSPS) is 15.7. The lowest BCUT2D eigenvalue weighted by molar-refractivity contribution is 0.471. The molecule has 21 heavy (non-hydrogen) atoms. The molecule has 0 unspecified atom stereocenters. The molecule has 1 aromatic carbocycles. The standard InChI is InChI=1S/C18H25N3/c1-2-12-19-13-16-14-20-21(17-10-6-7-11-17)18(16)15-8-4-3-5-9-15/h3-5,8-9,14,17,19H,2,6-7,10-13H2,1H3. The highest BCUT2D eigenvalue weighted by Gasteiger charge is 2.22. The van der Waals surface area contributed by atoms with Crippen LogP contribution in [-0.4, -0.2) is 16.3 Å². The third kappa shape index (κ3) is 3.18. The van der Waals surface area contributed by atoms with E-state index in [1.165, 1.54) is 42.5 Å². The molecule has 0 amide bonds. The summed E-state index contributed by atoms with van der Waals surface area (Å²) < 4.78 is 2.28. The minimum Gasteiger partial charge on any atom is -0.313 e. The Morgan fingerprint density at radius 2 is 1.95 bits per heavy atom. The zero-order valence-corrected chi connectivity index (χ0v) is 12.9. The van der Waals surface area contributed by atoms with Crippen molar-refractivity contribution in [1.82, 2.24) is 15.1 Å². The molecule has 3 rings (SSSR count). The van der Waals surface area contributed by atoms with Crippen molar-refractivity contribution in [3.63, 3.8) is 0 Å². The molecule has 0 radical (unpaired) electrons. The Kier molecular flexibility index (Phi) is 4.71. The summed E-state index contributed by atoms with van der Waals surface area (Å²) in [5.41, 5.74) is 3.92. The van der Waals surface area contributed by atoms with Gasteiger partial charge in [0.1, 0.15) is 0 Å². The minimum atomic E-state index is 0.583. The lowest BCUT2D eigenvalue weighted by Gasteiger charge is -2.16. The summed E-state index contributed by atoms with van der Waals surface area (Å²) in [6.07, 6.45) is 8.43. The van der Waals surface area contributed by atoms with Crippen LogP contribution < -0.4 is 5.32 Å². The number of hydrogen-bond donors (Lipinski definition) is 1. The second-order valence-corrected chi connectivity index (χ2v) is 5.94. The predicted molar refractivity (Wildman–Crippen MR) is 87.2 cm³/mol. The molecule has 1 fully saturated rings. The Labute approximate surface area is 127 Å². The number of rotatable bonds is 6. The van der Waals surface area contributed by atoms with Gasteiger partial charge in [0.05, 0.1) is 17.9 Å². The number of aromatic nitrogens is 2. The van der Waals surface area contributed by atoms with Gasteiger partial charge in [-0.05, 0) is 25.8 Å². The van der Waals surface area contributed by atoms with E-state index in [2.05, 4.69) is 53.5 Å². The molecule has 3 nitrogen and oxygen atoms in total. The predicted octanol–water partition coefficient (Wildman–Crippen LogP) is 4.16. The first-order valence-electron chi connectivity index (χ1n) is 8.22. The molecule has 0 spiro atoms. The monoisotopic (exact) mass is 283 g/mol. The Morgan fingerprint density at radius 1 is 1.19 bits per heavy atom. The van der Waals surface area contributed by atoms with Gasteiger partial charge in [0.25, 0.3) is 0 Å². The van der Waals surface area contributed by atoms with Gasteiger partial charge in [-0.2, -0.15) is 5.10 Å². The van der Waals surface area contributed by atoms with Crippen LogP contribution in [0.2, 0.25) is 0 Å². The molecule has 1 aliphatic carbocycles. The van der Waals surface area contributed by atoms with E-state index in [1.807, 2.05) is 0 Å². The highest BCUT2D eigenvalue weighted by molar-refractivity contribution is 5.63. The van der Waals surface area contributed by atoms with Crippen LogP contribution in [0.1, 0.15) is 50.6 Å². The molecule has 0 aliphatic heterocycles. The van der Waals surface area contributed by atoms with E-state index in [0.29, 0.717) is 6.04 Å². The third-order valence-corrected chi connectivity index (χ3v) is 4.33. The van der Waals surface area contributed by atoms with E-state index in [0.717, 1.165) is 19.5 Å². The number of nitrogens with zero attached hydrogens (tertiary/aromatic N) is 2. The van der Waals surface area contributed by atoms with Crippen LogP contribution in [0, 0.1) is 0 Å². The first-order valence-corrected chi connectivity index (χ1v) is 8.22. The maximum Gasteiger partial charge on any atom is 0.0730 e. The van der Waals surface area contributed by atoms with Gasteiger partial charge in [-0.3, -0.25) is 4.68 Å². The summed E-state index contributed by atoms with van der Waals surface area (Å²) >= 11 is 0. The van der Waals surface area contributed by atoms with E-state index < -0.39 is 0 Å². The molecule has 1 saturated carbocycles. The first kappa shape index (κ1) is 14.3. The fraction of sp³-hybridized carbons (Fsp3) is 0.500. The Bertz CT molecular complexity index is 553. The first-order chi connectivity index (χ1) is 10.4. The average molecular weight is 283 g/mol. The van der Waals surface area contributed by atoms with Gasteiger partial charge >= 0.3 is 0 Å². The summed E-state index contributed by atoms with van der Waals surface area (Å²) in [6, 6.07) is 11.3. The van der Waals surface area contributed by atoms with E-state index in [4.69, 9.17) is 5.10 Å². The number of hydrogen-bond acceptors (Lipinski definition) is 2. The molecule has 1 N–H and O–H groups in total. The van der Waals surface area contributed by atoms with Crippen molar-refractivity contribution in [3.05, 3.63) is 42.1 Å².